The van der Waals surface area contributed by atoms with Crippen molar-refractivity contribution >= 4 is 86.1 Å². The summed E-state index contributed by atoms with van der Waals surface area (Å²) in [5.74, 6) is -2.66. The summed E-state index contributed by atoms with van der Waals surface area (Å²) in [5.41, 5.74) is 9.05. The summed E-state index contributed by atoms with van der Waals surface area (Å²) in [6.45, 7) is 1.06. The minimum Gasteiger partial charge on any atom is -0.507 e. The van der Waals surface area contributed by atoms with Crippen molar-refractivity contribution in [2.24, 2.45) is 5.73 Å². The lowest BCUT2D eigenvalue weighted by Gasteiger charge is -2.19. The minimum absolute atomic E-state index is 0.106. The molecule has 10 N–H and O–H groups in total. The normalized spacial score (nSPS) is 13.5. The predicted octanol–water partition coefficient (Wildman–Crippen LogP) is 2.76. The maximum Gasteiger partial charge on any atom is 0.312 e. The summed E-state index contributed by atoms with van der Waals surface area (Å²) < 4.78 is 0. The third kappa shape index (κ3) is 11.1. The molecule has 2 aliphatic heterocycles. The number of rotatable bonds is 19. The number of aromatic amines is 1. The van der Waals surface area contributed by atoms with Crippen LogP contribution in [0.4, 0.5) is 21.9 Å². The zero-order chi connectivity index (χ0) is 46.0. The van der Waals surface area contributed by atoms with Gasteiger partial charge >= 0.3 is 6.03 Å². The second-order valence-electron chi connectivity index (χ2n) is 15.5. The number of aromatic hydroxyl groups is 1. The first kappa shape index (κ1) is 45.0. The van der Waals surface area contributed by atoms with E-state index < -0.39 is 41.6 Å². The summed E-state index contributed by atoms with van der Waals surface area (Å²) in [5, 5.41) is 29.4. The van der Waals surface area contributed by atoms with Crippen molar-refractivity contribution in [3.63, 3.8) is 0 Å². The van der Waals surface area contributed by atoms with Crippen LogP contribution in [-0.4, -0.2) is 108 Å². The fourth-order valence-electron chi connectivity index (χ4n) is 7.73. The number of nitrogens with one attached hydrogen (secondary N) is 7. The zero-order valence-electron chi connectivity index (χ0n) is 35.2. The van der Waals surface area contributed by atoms with Crippen molar-refractivity contribution in [3.05, 3.63) is 108 Å². The Balaban J connectivity index is 0.883. The number of anilines is 3. The number of fused-ring (bicyclic) bond motifs is 4. The van der Waals surface area contributed by atoms with Gasteiger partial charge in [0, 0.05) is 90.6 Å². The van der Waals surface area contributed by atoms with Gasteiger partial charge in [0.15, 0.2) is 0 Å². The van der Waals surface area contributed by atoms with Crippen LogP contribution in [0.3, 0.4) is 0 Å². The number of amides is 9. The van der Waals surface area contributed by atoms with Gasteiger partial charge in [-0.15, -0.1) is 0 Å². The smallest absolute Gasteiger partial charge is 0.312 e. The second-order valence-corrected chi connectivity index (χ2v) is 15.5. The topological polar surface area (TPSA) is 277 Å². The lowest BCUT2D eigenvalue weighted by Crippen LogP contribution is -2.47. The summed E-state index contributed by atoms with van der Waals surface area (Å²) in [4.78, 5) is 106. The first-order valence-electron chi connectivity index (χ1n) is 21.1. The molecule has 336 valence electrons. The number of primary amides is 1. The van der Waals surface area contributed by atoms with Crippen LogP contribution in [0.2, 0.25) is 0 Å². The Hall–Kier alpha value is -8.06. The van der Waals surface area contributed by atoms with Crippen LogP contribution in [0.15, 0.2) is 91.0 Å². The van der Waals surface area contributed by atoms with E-state index in [0.29, 0.717) is 65.0 Å². The standard InChI is InChI=1S/C46H48N10O9/c47-46(65)50-18-3-7-35(54-40(59)26-48-19-20-49-39(58)8-4-21-56-41(60)15-16-42(56)61)44(63)51-29-11-9-27(10-12-29)43(62)52-30-13-14-34-28(23-30)24-36(53-34)45(64)55-22-17-32-31-5-1-2-6-33(31)38(57)25-37(32)55/h1-2,5-6,9-16,23-25,35,48,53,57H,3-4,7-8,17-22,26H2,(H,49,58)(H,51,63)(H,52,62)(H,54,59)(H3,47,50,65)/t35-/m0/s1. The molecule has 65 heavy (non-hydrogen) atoms. The number of carbonyl (C=O) groups is 8. The number of nitrogens with zero attached hydrogens (tertiary/aromatic N) is 2. The molecule has 0 fully saturated rings. The number of benzene rings is 4. The molecule has 19 nitrogen and oxygen atoms in total. The quantitative estimate of drug-likeness (QED) is 0.0432. The molecule has 3 heterocycles. The highest BCUT2D eigenvalue weighted by molar-refractivity contribution is 6.13. The average Bonchev–Trinajstić information content (AvgIpc) is 4.01. The molecule has 0 bridgehead atoms. The Kier molecular flexibility index (Phi) is 14.1. The number of hydrogen-bond donors (Lipinski definition) is 9. The monoisotopic (exact) mass is 884 g/mol. The van der Waals surface area contributed by atoms with E-state index in [1.54, 1.807) is 47.4 Å². The molecule has 5 aromatic rings. The van der Waals surface area contributed by atoms with Gasteiger partial charge < -0.3 is 52.6 Å². The van der Waals surface area contributed by atoms with Crippen LogP contribution in [0.25, 0.3) is 21.7 Å². The number of phenols is 1. The van der Waals surface area contributed by atoms with Crippen molar-refractivity contribution in [3.8, 4) is 5.75 Å². The van der Waals surface area contributed by atoms with E-state index in [4.69, 9.17) is 5.73 Å². The summed E-state index contributed by atoms with van der Waals surface area (Å²) in [6.07, 6.45) is 3.92. The van der Waals surface area contributed by atoms with Crippen LogP contribution in [0.1, 0.15) is 52.1 Å². The number of carbonyl (C=O) groups excluding carboxylic acids is 8. The Labute approximate surface area is 372 Å². The number of aromatic nitrogens is 1. The van der Waals surface area contributed by atoms with Gasteiger partial charge in [-0.25, -0.2) is 4.79 Å². The maximum atomic E-state index is 13.7. The van der Waals surface area contributed by atoms with Gasteiger partial charge in [0.1, 0.15) is 17.5 Å². The summed E-state index contributed by atoms with van der Waals surface area (Å²) in [7, 11) is 0. The molecule has 0 unspecified atom stereocenters. The first-order chi connectivity index (χ1) is 31.3. The van der Waals surface area contributed by atoms with Crippen molar-refractivity contribution in [2.75, 3.05) is 54.8 Å². The molecule has 1 atom stereocenters. The highest BCUT2D eigenvalue weighted by atomic mass is 16.3. The highest BCUT2D eigenvalue weighted by Crippen LogP contribution is 2.40. The number of hydrogen-bond acceptors (Lipinski definition) is 10. The van der Waals surface area contributed by atoms with Gasteiger partial charge in [0.05, 0.1) is 12.2 Å². The SMILES string of the molecule is NC(=O)NCCC[C@H](NC(=O)CNCCNC(=O)CCCN1C(=O)C=CC1=O)C(=O)Nc1ccc(C(=O)Nc2ccc3[nH]c(C(=O)N4CCc5c4cc(O)c4ccccc54)cc3c2)cc1. The average molecular weight is 885 g/mol. The fraction of sp³-hybridized carbons (Fsp3) is 0.261. The molecule has 9 amide bonds. The summed E-state index contributed by atoms with van der Waals surface area (Å²) >= 11 is 0. The van der Waals surface area contributed by atoms with Crippen molar-refractivity contribution in [1.82, 2.24) is 31.2 Å². The molecule has 1 aromatic heterocycles. The molecule has 0 saturated carbocycles. The zero-order valence-corrected chi connectivity index (χ0v) is 35.2. The molecular weight excluding hydrogens is 837 g/mol. The highest BCUT2D eigenvalue weighted by Gasteiger charge is 2.29. The third-order valence-electron chi connectivity index (χ3n) is 11.0. The molecule has 2 aliphatic rings. The van der Waals surface area contributed by atoms with Gasteiger partial charge in [-0.2, -0.15) is 0 Å². The van der Waals surface area contributed by atoms with Crippen LogP contribution in [-0.2, 0) is 30.4 Å². The first-order valence-corrected chi connectivity index (χ1v) is 21.1. The summed E-state index contributed by atoms with van der Waals surface area (Å²) in [6, 6.07) is 20.6. The van der Waals surface area contributed by atoms with E-state index in [9.17, 15) is 43.5 Å². The predicted molar refractivity (Wildman–Crippen MR) is 242 cm³/mol. The van der Waals surface area contributed by atoms with Crippen molar-refractivity contribution < 1.29 is 43.5 Å². The van der Waals surface area contributed by atoms with Crippen molar-refractivity contribution in [1.29, 1.82) is 0 Å². The van der Waals surface area contributed by atoms with Crippen LogP contribution >= 0.6 is 0 Å². The van der Waals surface area contributed by atoms with Crippen LogP contribution in [0, 0.1) is 0 Å². The van der Waals surface area contributed by atoms with E-state index in [2.05, 4.69) is 36.9 Å². The Morgan fingerprint density at radius 2 is 1.52 bits per heavy atom. The lowest BCUT2D eigenvalue weighted by atomic mass is 10.0. The van der Waals surface area contributed by atoms with E-state index >= 15 is 0 Å². The number of nitrogens with two attached hydrogens (primary N) is 1. The van der Waals surface area contributed by atoms with Crippen LogP contribution < -0.4 is 42.5 Å². The number of urea groups is 1. The maximum absolute atomic E-state index is 13.7. The molecule has 0 radical (unpaired) electrons. The van der Waals surface area contributed by atoms with E-state index in [1.807, 2.05) is 24.3 Å². The Morgan fingerprint density at radius 1 is 0.785 bits per heavy atom. The molecule has 0 spiro atoms. The largest absolute Gasteiger partial charge is 0.507 e. The van der Waals surface area contributed by atoms with E-state index in [-0.39, 0.29) is 63.1 Å². The number of H-pyrrole nitrogens is 1. The molecule has 4 aromatic carbocycles. The Bertz CT molecular complexity index is 2690. The third-order valence-corrected chi connectivity index (χ3v) is 11.0. The van der Waals surface area contributed by atoms with Crippen LogP contribution in [0.5, 0.6) is 5.75 Å². The molecule has 0 saturated heterocycles. The van der Waals surface area contributed by atoms with Gasteiger partial charge in [0.2, 0.25) is 17.7 Å². The molecule has 0 aliphatic carbocycles. The Morgan fingerprint density at radius 3 is 2.28 bits per heavy atom. The fourth-order valence-corrected chi connectivity index (χ4v) is 7.73. The molecular formula is C46H48N10O9. The van der Waals surface area contributed by atoms with Gasteiger partial charge in [-0.1, -0.05) is 24.3 Å². The lowest BCUT2D eigenvalue weighted by molar-refractivity contribution is -0.137. The van der Waals surface area contributed by atoms with E-state index in [0.717, 1.165) is 21.2 Å². The van der Waals surface area contributed by atoms with Crippen molar-refractivity contribution in [2.45, 2.75) is 38.1 Å². The number of phenolic OH excluding ortho intramolecular Hbond substituents is 1. The van der Waals surface area contributed by atoms with E-state index in [1.165, 1.54) is 24.3 Å². The molecule has 19 heteroatoms. The van der Waals surface area contributed by atoms with Gasteiger partial charge in [-0.05, 0) is 85.2 Å². The minimum atomic E-state index is -0.995. The van der Waals surface area contributed by atoms with Gasteiger partial charge in [0.25, 0.3) is 23.6 Å². The molecule has 7 rings (SSSR count). The van der Waals surface area contributed by atoms with Gasteiger partial charge in [-0.3, -0.25) is 38.5 Å². The second kappa shape index (κ2) is 20.4. The number of imide groups is 1.